The third-order valence-corrected chi connectivity index (χ3v) is 7.31. The van der Waals surface area contributed by atoms with E-state index in [4.69, 9.17) is 11.6 Å². The molecule has 0 radical (unpaired) electrons. The maximum absolute atomic E-state index is 12.7. The Bertz CT molecular complexity index is 1150. The van der Waals surface area contributed by atoms with Crippen molar-refractivity contribution in [1.82, 2.24) is 9.71 Å². The van der Waals surface area contributed by atoms with Crippen LogP contribution >= 0.6 is 11.6 Å². The minimum absolute atomic E-state index is 0.0554. The van der Waals surface area contributed by atoms with E-state index in [-0.39, 0.29) is 10.9 Å². The molecule has 0 atom stereocenters. The van der Waals surface area contributed by atoms with E-state index in [9.17, 15) is 8.42 Å². The van der Waals surface area contributed by atoms with Gasteiger partial charge in [-0.3, -0.25) is 4.98 Å². The Balaban J connectivity index is 1.38. The van der Waals surface area contributed by atoms with Gasteiger partial charge in [-0.15, -0.1) is 0 Å². The number of benzene rings is 2. The van der Waals surface area contributed by atoms with Crippen LogP contribution in [-0.2, 0) is 10.0 Å². The lowest BCUT2D eigenvalue weighted by molar-refractivity contribution is 0.387. The molecule has 2 N–H and O–H groups in total. The fraction of sp³-hybridized carbons (Fsp3) is 0.261. The second-order valence-corrected chi connectivity index (χ2v) is 9.76. The summed E-state index contributed by atoms with van der Waals surface area (Å²) >= 11 is 6.07. The first-order valence-corrected chi connectivity index (χ1v) is 11.9. The molecule has 4 rings (SSSR count). The number of hydrogen-bond donors (Lipinski definition) is 2. The van der Waals surface area contributed by atoms with E-state index in [0.717, 1.165) is 47.8 Å². The molecule has 1 heterocycles. The molecule has 5 nitrogen and oxygen atoms in total. The van der Waals surface area contributed by atoms with Gasteiger partial charge in [-0.2, -0.15) is 0 Å². The van der Waals surface area contributed by atoms with E-state index in [1.165, 1.54) is 0 Å². The second-order valence-electron chi connectivity index (χ2n) is 7.61. The van der Waals surface area contributed by atoms with Gasteiger partial charge >= 0.3 is 0 Å². The number of fused-ring (bicyclic) bond motifs is 1. The van der Waals surface area contributed by atoms with Gasteiger partial charge in [0.15, 0.2) is 0 Å². The molecule has 0 amide bonds. The summed E-state index contributed by atoms with van der Waals surface area (Å²) in [4.78, 5) is 4.67. The first-order valence-electron chi connectivity index (χ1n) is 10.0. The molecule has 0 saturated heterocycles. The van der Waals surface area contributed by atoms with Crippen molar-refractivity contribution >= 4 is 44.3 Å². The number of nitrogens with zero attached hydrogens (tertiary/aromatic N) is 1. The summed E-state index contributed by atoms with van der Waals surface area (Å²) in [5.41, 5.74) is 2.78. The topological polar surface area (TPSA) is 71.1 Å². The number of anilines is 1. The number of halogens is 1. The summed E-state index contributed by atoms with van der Waals surface area (Å²) in [5, 5.41) is 5.30. The van der Waals surface area contributed by atoms with Gasteiger partial charge in [-0.05, 0) is 67.6 Å². The standard InChI is InChI=1S/C23H24ClN3O2S/c1-2-16-3-10-20(11-4-16)30(28,29)27-19-8-6-18(7-9-19)26-22-13-14-25-23-15-17(24)5-12-21(22)23/h2-5,10-15,18-19,27H,1,6-9H2,(H,25,26). The molecule has 0 bridgehead atoms. The van der Waals surface area contributed by atoms with Crippen LogP contribution in [0.2, 0.25) is 5.02 Å². The quantitative estimate of drug-likeness (QED) is 0.549. The summed E-state index contributed by atoms with van der Waals surface area (Å²) in [5.74, 6) is 0. The Morgan fingerprint density at radius 2 is 1.70 bits per heavy atom. The first kappa shape index (κ1) is 20.8. The summed E-state index contributed by atoms with van der Waals surface area (Å²) in [7, 11) is -3.52. The zero-order valence-corrected chi connectivity index (χ0v) is 18.1. The van der Waals surface area contributed by atoms with E-state index < -0.39 is 10.0 Å². The zero-order valence-electron chi connectivity index (χ0n) is 16.5. The van der Waals surface area contributed by atoms with Crippen molar-refractivity contribution in [2.75, 3.05) is 5.32 Å². The molecule has 0 aliphatic heterocycles. The van der Waals surface area contributed by atoms with Gasteiger partial charge in [-0.25, -0.2) is 13.1 Å². The molecule has 156 valence electrons. The lowest BCUT2D eigenvalue weighted by atomic mass is 9.91. The van der Waals surface area contributed by atoms with E-state index >= 15 is 0 Å². The summed E-state index contributed by atoms with van der Waals surface area (Å²) in [6, 6.07) is 14.7. The molecular formula is C23H24ClN3O2S. The van der Waals surface area contributed by atoms with Crippen molar-refractivity contribution in [1.29, 1.82) is 0 Å². The smallest absolute Gasteiger partial charge is 0.240 e. The van der Waals surface area contributed by atoms with Crippen molar-refractivity contribution in [3.63, 3.8) is 0 Å². The maximum Gasteiger partial charge on any atom is 0.240 e. The molecule has 1 aliphatic rings. The highest BCUT2D eigenvalue weighted by molar-refractivity contribution is 7.89. The number of nitrogens with one attached hydrogen (secondary N) is 2. The number of pyridine rings is 1. The van der Waals surface area contributed by atoms with Crippen molar-refractivity contribution in [3.05, 3.63) is 71.9 Å². The fourth-order valence-corrected chi connectivity index (χ4v) is 5.36. The molecule has 1 fully saturated rings. The van der Waals surface area contributed by atoms with Crippen LogP contribution in [0.15, 0.2) is 66.2 Å². The van der Waals surface area contributed by atoms with Gasteiger partial charge in [0, 0.05) is 34.4 Å². The molecule has 7 heteroatoms. The molecular weight excluding hydrogens is 418 g/mol. The van der Waals surface area contributed by atoms with E-state index in [2.05, 4.69) is 21.6 Å². The first-order chi connectivity index (χ1) is 14.4. The minimum atomic E-state index is -3.52. The van der Waals surface area contributed by atoms with Crippen molar-refractivity contribution < 1.29 is 8.42 Å². The number of rotatable bonds is 6. The zero-order chi connectivity index (χ0) is 21.1. The predicted molar refractivity (Wildman–Crippen MR) is 123 cm³/mol. The van der Waals surface area contributed by atoms with E-state index in [1.54, 1.807) is 36.5 Å². The molecule has 1 saturated carbocycles. The third-order valence-electron chi connectivity index (χ3n) is 5.54. The Hall–Kier alpha value is -2.41. The van der Waals surface area contributed by atoms with Crippen LogP contribution in [0.4, 0.5) is 5.69 Å². The van der Waals surface area contributed by atoms with Gasteiger partial charge in [0.1, 0.15) is 0 Å². The fourth-order valence-electron chi connectivity index (χ4n) is 3.89. The number of hydrogen-bond acceptors (Lipinski definition) is 4. The number of aromatic nitrogens is 1. The molecule has 0 spiro atoms. The Morgan fingerprint density at radius 1 is 1.00 bits per heavy atom. The largest absolute Gasteiger partial charge is 0.382 e. The highest BCUT2D eigenvalue weighted by Gasteiger charge is 2.26. The van der Waals surface area contributed by atoms with Crippen LogP contribution in [0, 0.1) is 0 Å². The van der Waals surface area contributed by atoms with Crippen LogP contribution < -0.4 is 10.0 Å². The van der Waals surface area contributed by atoms with Gasteiger partial charge in [0.05, 0.1) is 10.4 Å². The van der Waals surface area contributed by atoms with Crippen LogP contribution in [0.25, 0.3) is 17.0 Å². The average molecular weight is 442 g/mol. The predicted octanol–water partition coefficient (Wildman–Crippen LogP) is 5.23. The summed E-state index contributed by atoms with van der Waals surface area (Å²) in [6.45, 7) is 3.69. The molecule has 1 aliphatic carbocycles. The van der Waals surface area contributed by atoms with E-state index in [1.807, 2.05) is 24.3 Å². The van der Waals surface area contributed by atoms with Gasteiger partial charge < -0.3 is 5.32 Å². The average Bonchev–Trinajstić information content (AvgIpc) is 2.75. The van der Waals surface area contributed by atoms with Crippen molar-refractivity contribution in [3.8, 4) is 0 Å². The normalized spacial score (nSPS) is 19.5. The van der Waals surface area contributed by atoms with Crippen LogP contribution in [-0.4, -0.2) is 25.5 Å². The third kappa shape index (κ3) is 4.67. The van der Waals surface area contributed by atoms with Crippen LogP contribution in [0.1, 0.15) is 31.2 Å². The van der Waals surface area contributed by atoms with Gasteiger partial charge in [0.25, 0.3) is 0 Å². The lowest BCUT2D eigenvalue weighted by Gasteiger charge is -2.30. The number of sulfonamides is 1. The monoisotopic (exact) mass is 441 g/mol. The lowest BCUT2D eigenvalue weighted by Crippen LogP contribution is -2.40. The Morgan fingerprint density at radius 3 is 2.40 bits per heavy atom. The highest BCUT2D eigenvalue weighted by atomic mass is 35.5. The molecule has 0 unspecified atom stereocenters. The second kappa shape index (κ2) is 8.76. The Labute approximate surface area is 182 Å². The van der Waals surface area contributed by atoms with Crippen molar-refractivity contribution in [2.45, 2.75) is 42.7 Å². The molecule has 2 aromatic carbocycles. The highest BCUT2D eigenvalue weighted by Crippen LogP contribution is 2.28. The Kier molecular flexibility index (Phi) is 6.09. The minimum Gasteiger partial charge on any atom is -0.382 e. The van der Waals surface area contributed by atoms with Crippen molar-refractivity contribution in [2.24, 2.45) is 0 Å². The molecule has 1 aromatic heterocycles. The van der Waals surface area contributed by atoms with Crippen LogP contribution in [0.5, 0.6) is 0 Å². The maximum atomic E-state index is 12.7. The molecule has 3 aromatic rings. The SMILES string of the molecule is C=Cc1ccc(S(=O)(=O)NC2CCC(Nc3ccnc4cc(Cl)ccc34)CC2)cc1. The van der Waals surface area contributed by atoms with Crippen LogP contribution in [0.3, 0.4) is 0 Å². The summed E-state index contributed by atoms with van der Waals surface area (Å²) in [6.07, 6.45) is 6.82. The van der Waals surface area contributed by atoms with Gasteiger partial charge in [0.2, 0.25) is 10.0 Å². The summed E-state index contributed by atoms with van der Waals surface area (Å²) < 4.78 is 28.2. The van der Waals surface area contributed by atoms with E-state index in [0.29, 0.717) is 11.1 Å². The molecule has 30 heavy (non-hydrogen) atoms. The van der Waals surface area contributed by atoms with Gasteiger partial charge in [-0.1, -0.05) is 36.4 Å².